The van der Waals surface area contributed by atoms with Crippen molar-refractivity contribution in [2.45, 2.75) is 49.0 Å². The van der Waals surface area contributed by atoms with Crippen LogP contribution in [0.2, 0.25) is 0 Å². The van der Waals surface area contributed by atoms with E-state index < -0.39 is 62.2 Å². The van der Waals surface area contributed by atoms with Gasteiger partial charge in [-0.3, -0.25) is 0 Å². The SMILES string of the molecule is O.O[CH-][C@@H](O)[C@H](O[C@@H]1O[C@H](CO)[C@H](O)[C@H](O)[C@H]1O)[C@H](O)CO.[Ir]. The molecule has 8 atom stereocenters. The Kier molecular flexibility index (Phi) is 13.0. The second-order valence-electron chi connectivity index (χ2n) is 4.69. The number of ether oxygens (including phenoxy) is 2. The maximum absolute atomic E-state index is 9.74. The molecule has 0 aromatic heterocycles. The van der Waals surface area contributed by atoms with Crippen LogP contribution in [-0.2, 0) is 29.6 Å². The van der Waals surface area contributed by atoms with Gasteiger partial charge in [-0.15, -0.1) is 0 Å². The van der Waals surface area contributed by atoms with Crippen LogP contribution in [-0.4, -0.2) is 109 Å². The molecule has 12 heteroatoms. The molecule has 1 rings (SSSR count). The van der Waals surface area contributed by atoms with Gasteiger partial charge in [0.05, 0.1) is 19.3 Å². The van der Waals surface area contributed by atoms with Crippen LogP contribution in [0.1, 0.15) is 0 Å². The fourth-order valence-corrected chi connectivity index (χ4v) is 1.92. The van der Waals surface area contributed by atoms with Crippen LogP contribution in [0.4, 0.5) is 0 Å². The molecule has 0 spiro atoms. The first-order valence-electron chi connectivity index (χ1n) is 6.27. The van der Waals surface area contributed by atoms with E-state index in [4.69, 9.17) is 24.8 Å². The maximum atomic E-state index is 9.74. The van der Waals surface area contributed by atoms with Crippen molar-refractivity contribution in [1.29, 1.82) is 0 Å². The molecule has 1 aliphatic rings. The summed E-state index contributed by atoms with van der Waals surface area (Å²) < 4.78 is 10.1. The van der Waals surface area contributed by atoms with Gasteiger partial charge in [-0.1, -0.05) is 0 Å². The molecule has 0 amide bonds. The molecule has 23 heavy (non-hydrogen) atoms. The van der Waals surface area contributed by atoms with E-state index in [1.165, 1.54) is 0 Å². The van der Waals surface area contributed by atoms with E-state index in [1.54, 1.807) is 0 Å². The first-order chi connectivity index (χ1) is 9.87. The quantitative estimate of drug-likeness (QED) is 0.148. The van der Waals surface area contributed by atoms with Gasteiger partial charge < -0.3 is 55.8 Å². The van der Waals surface area contributed by atoms with Gasteiger partial charge in [0.15, 0.2) is 6.29 Å². The minimum Gasteiger partial charge on any atom is -0.563 e. The Labute approximate surface area is 145 Å². The van der Waals surface area contributed by atoms with Crippen LogP contribution in [0.5, 0.6) is 0 Å². The van der Waals surface area contributed by atoms with Gasteiger partial charge in [0, 0.05) is 20.1 Å². The van der Waals surface area contributed by atoms with E-state index in [-0.39, 0.29) is 25.6 Å². The molecular weight excluding hydrogens is 500 g/mol. The van der Waals surface area contributed by atoms with Crippen molar-refractivity contribution in [3.05, 3.63) is 6.61 Å². The molecule has 1 heterocycles. The zero-order chi connectivity index (χ0) is 16.2. The second kappa shape index (κ2) is 11.7. The Morgan fingerprint density at radius 3 is 2.04 bits per heavy atom. The predicted octanol–water partition coefficient (Wildman–Crippen LogP) is -5.41. The Morgan fingerprint density at radius 1 is 1.04 bits per heavy atom. The van der Waals surface area contributed by atoms with Crippen LogP contribution < -0.4 is 0 Å². The van der Waals surface area contributed by atoms with E-state index >= 15 is 0 Å². The fraction of sp³-hybridized carbons (Fsp3) is 0.909. The monoisotopic (exact) mass is 524 g/mol. The smallest absolute Gasteiger partial charge is 0.187 e. The van der Waals surface area contributed by atoms with Crippen molar-refractivity contribution in [3.8, 4) is 0 Å². The molecule has 0 aliphatic carbocycles. The number of aliphatic hydroxyl groups is 8. The third-order valence-electron chi connectivity index (χ3n) is 3.20. The van der Waals surface area contributed by atoms with Crippen molar-refractivity contribution in [1.82, 2.24) is 0 Å². The summed E-state index contributed by atoms with van der Waals surface area (Å²) in [6.07, 6.45) is -12.7. The topological polar surface area (TPSA) is 212 Å². The average Bonchev–Trinajstić information content (AvgIpc) is 2.50. The summed E-state index contributed by atoms with van der Waals surface area (Å²) >= 11 is 0. The standard InChI is InChI=1S/C11H21O10.Ir.H2O/c12-1-4(15)10(5(16)2-13)21-11-9(19)8(18)7(17)6(3-14)20-11;;/h1,4-19H,2-3H2;;1H2/q-1;;/t4-,5-,6-,7+,8+,9-,10+,11+;;/m1../s1. The molecule has 11 nitrogen and oxygen atoms in total. The van der Waals surface area contributed by atoms with E-state index in [1.807, 2.05) is 0 Å². The van der Waals surface area contributed by atoms with E-state index in [0.29, 0.717) is 6.61 Å². The van der Waals surface area contributed by atoms with E-state index in [0.717, 1.165) is 0 Å². The molecule has 10 N–H and O–H groups in total. The first kappa shape index (κ1) is 25.4. The van der Waals surface area contributed by atoms with Crippen molar-refractivity contribution < 1.29 is 75.9 Å². The van der Waals surface area contributed by atoms with Crippen LogP contribution in [0, 0.1) is 6.61 Å². The van der Waals surface area contributed by atoms with Crippen molar-refractivity contribution in [2.24, 2.45) is 0 Å². The Hall–Kier alpha value is 0.209. The fourth-order valence-electron chi connectivity index (χ4n) is 1.92. The Balaban J connectivity index is 0. The van der Waals surface area contributed by atoms with Crippen LogP contribution in [0.3, 0.4) is 0 Å². The van der Waals surface area contributed by atoms with Gasteiger partial charge in [0.2, 0.25) is 0 Å². The summed E-state index contributed by atoms with van der Waals surface area (Å²) in [5, 5.41) is 74.5. The van der Waals surface area contributed by atoms with Gasteiger partial charge in [0.1, 0.15) is 30.5 Å². The van der Waals surface area contributed by atoms with Gasteiger partial charge >= 0.3 is 0 Å². The number of hydrogen-bond donors (Lipinski definition) is 8. The average molecular weight is 524 g/mol. The summed E-state index contributed by atoms with van der Waals surface area (Å²) in [5.41, 5.74) is 0. The molecule has 1 radical (unpaired) electrons. The molecular formula is C11H23IrO11-. The molecule has 0 aromatic carbocycles. The zero-order valence-electron chi connectivity index (χ0n) is 11.8. The van der Waals surface area contributed by atoms with E-state index in [9.17, 15) is 25.5 Å². The predicted molar refractivity (Wildman–Crippen MR) is 67.6 cm³/mol. The van der Waals surface area contributed by atoms with E-state index in [2.05, 4.69) is 0 Å². The largest absolute Gasteiger partial charge is 0.563 e. The molecule has 0 bridgehead atoms. The van der Waals surface area contributed by atoms with Crippen LogP contribution >= 0.6 is 0 Å². The van der Waals surface area contributed by atoms with Crippen molar-refractivity contribution in [3.63, 3.8) is 0 Å². The Bertz CT molecular complexity index is 298. The Morgan fingerprint density at radius 2 is 1.61 bits per heavy atom. The molecule has 1 fully saturated rings. The molecule has 1 saturated heterocycles. The normalized spacial score (nSPS) is 34.7. The maximum Gasteiger partial charge on any atom is 0.187 e. The van der Waals surface area contributed by atoms with Crippen molar-refractivity contribution >= 4 is 0 Å². The number of aliphatic hydroxyl groups excluding tert-OH is 8. The second-order valence-corrected chi connectivity index (χ2v) is 4.69. The summed E-state index contributed by atoms with van der Waals surface area (Å²) in [5.74, 6) is 0. The van der Waals surface area contributed by atoms with Gasteiger partial charge in [-0.25, -0.2) is 0 Å². The van der Waals surface area contributed by atoms with Crippen LogP contribution in [0.15, 0.2) is 0 Å². The summed E-state index contributed by atoms with van der Waals surface area (Å²) in [7, 11) is 0. The molecule has 0 aromatic rings. The minimum atomic E-state index is -1.73. The molecule has 0 saturated carbocycles. The number of hydrogen-bond acceptors (Lipinski definition) is 10. The first-order valence-corrected chi connectivity index (χ1v) is 6.27. The molecule has 1 aliphatic heterocycles. The minimum absolute atomic E-state index is 0. The van der Waals surface area contributed by atoms with Crippen LogP contribution in [0.25, 0.3) is 0 Å². The summed E-state index contributed by atoms with van der Waals surface area (Å²) in [4.78, 5) is 0. The summed E-state index contributed by atoms with van der Waals surface area (Å²) in [6.45, 7) is -1.19. The molecule has 0 unspecified atom stereocenters. The molecule has 143 valence electrons. The van der Waals surface area contributed by atoms with Gasteiger partial charge in [0.25, 0.3) is 0 Å². The third kappa shape index (κ3) is 6.21. The zero-order valence-corrected chi connectivity index (χ0v) is 14.2. The summed E-state index contributed by atoms with van der Waals surface area (Å²) in [6, 6.07) is 0. The van der Waals surface area contributed by atoms with Gasteiger partial charge in [-0.05, 0) is 6.10 Å². The third-order valence-corrected chi connectivity index (χ3v) is 3.20. The number of rotatable bonds is 7. The van der Waals surface area contributed by atoms with Crippen molar-refractivity contribution in [2.75, 3.05) is 13.2 Å². The van der Waals surface area contributed by atoms with Gasteiger partial charge in [-0.2, -0.15) is 6.61 Å².